The Kier molecular flexibility index (Phi) is 2.87. The molecule has 0 aliphatic rings. The molecule has 16 heavy (non-hydrogen) atoms. The predicted octanol–water partition coefficient (Wildman–Crippen LogP) is 2.59. The Hall–Kier alpha value is -1.49. The summed E-state index contributed by atoms with van der Waals surface area (Å²) in [7, 11) is 0. The number of hydrogen-bond acceptors (Lipinski definition) is 2. The smallest absolute Gasteiger partial charge is 0.154 e. The van der Waals surface area contributed by atoms with Gasteiger partial charge in [0.15, 0.2) is 11.6 Å². The maximum atomic E-state index is 13.8. The number of hydrogen-bond donors (Lipinski definition) is 0. The van der Waals surface area contributed by atoms with E-state index in [0.29, 0.717) is 11.3 Å². The van der Waals surface area contributed by atoms with Crippen molar-refractivity contribution in [2.24, 2.45) is 0 Å². The number of halogens is 3. The highest BCUT2D eigenvalue weighted by atomic mass is 35.5. The molecular weight excluding hydrogens is 236 g/mol. The molecule has 1 aromatic heterocycles. The van der Waals surface area contributed by atoms with Gasteiger partial charge in [-0.15, -0.1) is 16.7 Å². The molecule has 1 heterocycles. The fraction of sp³-hybridized carbons (Fsp3) is 0.200. The van der Waals surface area contributed by atoms with Crippen LogP contribution in [0.3, 0.4) is 0 Å². The summed E-state index contributed by atoms with van der Waals surface area (Å²) in [4.78, 5) is 0. The van der Waals surface area contributed by atoms with Gasteiger partial charge in [0.2, 0.25) is 0 Å². The summed E-state index contributed by atoms with van der Waals surface area (Å²) < 4.78 is 28.4. The molecule has 6 heteroatoms. The predicted molar refractivity (Wildman–Crippen MR) is 55.6 cm³/mol. The van der Waals surface area contributed by atoms with Gasteiger partial charge < -0.3 is 0 Å². The highest BCUT2D eigenvalue weighted by Crippen LogP contribution is 2.21. The lowest BCUT2D eigenvalue weighted by Gasteiger charge is -2.08. The van der Waals surface area contributed by atoms with Crippen LogP contribution in [0.25, 0.3) is 5.69 Å². The van der Waals surface area contributed by atoms with E-state index in [1.165, 1.54) is 18.3 Å². The number of aryl methyl sites for hydroxylation is 1. The van der Waals surface area contributed by atoms with E-state index in [4.69, 9.17) is 11.6 Å². The lowest BCUT2D eigenvalue weighted by molar-refractivity contribution is 0.548. The van der Waals surface area contributed by atoms with Gasteiger partial charge in [-0.2, -0.15) is 0 Å². The molecule has 2 rings (SSSR count). The largest absolute Gasteiger partial charge is 0.210 e. The van der Waals surface area contributed by atoms with Gasteiger partial charge in [-0.25, -0.2) is 13.5 Å². The zero-order valence-electron chi connectivity index (χ0n) is 8.41. The molecule has 0 amide bonds. The first-order valence-electron chi connectivity index (χ1n) is 4.55. The van der Waals surface area contributed by atoms with Gasteiger partial charge in [-0.05, 0) is 18.6 Å². The molecule has 0 N–H and O–H groups in total. The standard InChI is InChI=1S/C10H8ClF2N3/c1-6-2-3-8(12)10(9(6)13)16-7(4-11)5-14-15-16/h2-3,5H,4H2,1H3. The first-order valence-corrected chi connectivity index (χ1v) is 5.09. The second kappa shape index (κ2) is 4.17. The van der Waals surface area contributed by atoms with Crippen molar-refractivity contribution in [2.45, 2.75) is 12.8 Å². The van der Waals surface area contributed by atoms with Crippen LogP contribution in [0.4, 0.5) is 8.78 Å². The zero-order valence-corrected chi connectivity index (χ0v) is 9.17. The van der Waals surface area contributed by atoms with Gasteiger partial charge in [-0.1, -0.05) is 11.3 Å². The van der Waals surface area contributed by atoms with Gasteiger partial charge in [0.25, 0.3) is 0 Å². The Morgan fingerprint density at radius 2 is 2.12 bits per heavy atom. The summed E-state index contributed by atoms with van der Waals surface area (Å²) in [6.45, 7) is 1.55. The first-order chi connectivity index (χ1) is 7.65. The first kappa shape index (κ1) is 11.0. The van der Waals surface area contributed by atoms with Gasteiger partial charge in [0.05, 0.1) is 17.8 Å². The molecule has 0 saturated carbocycles. The Morgan fingerprint density at radius 3 is 2.81 bits per heavy atom. The van der Waals surface area contributed by atoms with Crippen LogP contribution in [0.15, 0.2) is 18.3 Å². The highest BCUT2D eigenvalue weighted by molar-refractivity contribution is 6.16. The average Bonchev–Trinajstić information content (AvgIpc) is 2.72. The molecule has 0 fully saturated rings. The Morgan fingerprint density at radius 1 is 1.38 bits per heavy atom. The monoisotopic (exact) mass is 243 g/mol. The second-order valence-electron chi connectivity index (χ2n) is 3.30. The van der Waals surface area contributed by atoms with E-state index in [1.807, 2.05) is 0 Å². The molecule has 0 aliphatic carbocycles. The Balaban J connectivity index is 2.68. The Bertz CT molecular complexity index is 525. The fourth-order valence-corrected chi connectivity index (χ4v) is 1.55. The normalized spacial score (nSPS) is 10.8. The summed E-state index contributed by atoms with van der Waals surface area (Å²) in [5.74, 6) is -1.27. The van der Waals surface area contributed by atoms with Crippen molar-refractivity contribution in [1.29, 1.82) is 0 Å². The van der Waals surface area contributed by atoms with Crippen molar-refractivity contribution < 1.29 is 8.78 Å². The third-order valence-corrected chi connectivity index (χ3v) is 2.50. The van der Waals surface area contributed by atoms with Crippen LogP contribution in [0.5, 0.6) is 0 Å². The van der Waals surface area contributed by atoms with Crippen molar-refractivity contribution in [3.8, 4) is 5.69 Å². The lowest BCUT2D eigenvalue weighted by atomic mass is 10.2. The number of aromatic nitrogens is 3. The Labute approximate surface area is 95.6 Å². The highest BCUT2D eigenvalue weighted by Gasteiger charge is 2.16. The summed E-state index contributed by atoms with van der Waals surface area (Å²) in [5, 5.41) is 7.20. The van der Waals surface area contributed by atoms with Crippen LogP contribution >= 0.6 is 11.6 Å². The van der Waals surface area contributed by atoms with Crippen LogP contribution in [0, 0.1) is 18.6 Å². The van der Waals surface area contributed by atoms with E-state index in [1.54, 1.807) is 6.92 Å². The summed E-state index contributed by atoms with van der Waals surface area (Å²) in [6.07, 6.45) is 1.37. The van der Waals surface area contributed by atoms with E-state index in [2.05, 4.69) is 10.3 Å². The number of rotatable bonds is 2. The quantitative estimate of drug-likeness (QED) is 0.759. The fourth-order valence-electron chi connectivity index (χ4n) is 1.37. The average molecular weight is 244 g/mol. The van der Waals surface area contributed by atoms with Gasteiger partial charge in [0, 0.05) is 0 Å². The molecule has 2 aromatic rings. The molecule has 1 aromatic carbocycles. The van der Waals surface area contributed by atoms with Gasteiger partial charge in [0.1, 0.15) is 5.69 Å². The second-order valence-corrected chi connectivity index (χ2v) is 3.56. The minimum absolute atomic E-state index is 0.0832. The SMILES string of the molecule is Cc1ccc(F)c(-n2nncc2CCl)c1F. The van der Waals surface area contributed by atoms with Crippen molar-refractivity contribution in [3.63, 3.8) is 0 Å². The molecule has 0 bridgehead atoms. The van der Waals surface area contributed by atoms with Gasteiger partial charge in [-0.3, -0.25) is 0 Å². The van der Waals surface area contributed by atoms with Crippen molar-refractivity contribution >= 4 is 11.6 Å². The maximum absolute atomic E-state index is 13.8. The zero-order chi connectivity index (χ0) is 11.7. The van der Waals surface area contributed by atoms with Crippen LogP contribution in [0.1, 0.15) is 11.3 Å². The lowest BCUT2D eigenvalue weighted by Crippen LogP contribution is -2.07. The van der Waals surface area contributed by atoms with E-state index in [0.717, 1.165) is 4.68 Å². The molecule has 0 spiro atoms. The molecule has 0 unspecified atom stereocenters. The van der Waals surface area contributed by atoms with E-state index >= 15 is 0 Å². The minimum Gasteiger partial charge on any atom is -0.210 e. The topological polar surface area (TPSA) is 30.7 Å². The summed E-state index contributed by atoms with van der Waals surface area (Å²) in [6, 6.07) is 2.55. The molecule has 0 atom stereocenters. The number of benzene rings is 1. The van der Waals surface area contributed by atoms with E-state index < -0.39 is 11.6 Å². The van der Waals surface area contributed by atoms with Crippen LogP contribution < -0.4 is 0 Å². The van der Waals surface area contributed by atoms with Crippen LogP contribution in [0.2, 0.25) is 0 Å². The summed E-state index contributed by atoms with van der Waals surface area (Å²) in [5.41, 5.74) is 0.533. The molecule has 3 nitrogen and oxygen atoms in total. The van der Waals surface area contributed by atoms with Gasteiger partial charge >= 0.3 is 0 Å². The third kappa shape index (κ3) is 1.67. The van der Waals surface area contributed by atoms with Crippen LogP contribution in [-0.2, 0) is 5.88 Å². The van der Waals surface area contributed by atoms with Crippen LogP contribution in [-0.4, -0.2) is 15.0 Å². The third-order valence-electron chi connectivity index (χ3n) is 2.23. The van der Waals surface area contributed by atoms with E-state index in [-0.39, 0.29) is 11.6 Å². The van der Waals surface area contributed by atoms with Crippen molar-refractivity contribution in [3.05, 3.63) is 41.2 Å². The molecule has 0 aliphatic heterocycles. The van der Waals surface area contributed by atoms with Crippen molar-refractivity contribution in [2.75, 3.05) is 0 Å². The number of alkyl halides is 1. The molecule has 0 radical (unpaired) electrons. The number of nitrogens with zero attached hydrogens (tertiary/aromatic N) is 3. The van der Waals surface area contributed by atoms with E-state index in [9.17, 15) is 8.78 Å². The summed E-state index contributed by atoms with van der Waals surface area (Å²) >= 11 is 5.62. The van der Waals surface area contributed by atoms with Crippen molar-refractivity contribution in [1.82, 2.24) is 15.0 Å². The molecule has 0 saturated heterocycles. The maximum Gasteiger partial charge on any atom is 0.154 e. The molecular formula is C10H8ClF2N3. The molecule has 84 valence electrons. The minimum atomic E-state index is -0.694.